The Morgan fingerprint density at radius 2 is 2.20 bits per heavy atom. The number of nitrogens with one attached hydrogen (secondary N) is 2. The lowest BCUT2D eigenvalue weighted by Gasteiger charge is -2.05. The third-order valence-corrected chi connectivity index (χ3v) is 5.08. The van der Waals surface area contributed by atoms with Gasteiger partial charge in [0, 0.05) is 16.1 Å². The smallest absolute Gasteiger partial charge is 0.337 e. The van der Waals surface area contributed by atoms with Crippen molar-refractivity contribution in [2.24, 2.45) is 0 Å². The van der Waals surface area contributed by atoms with E-state index < -0.39 is 11.5 Å². The van der Waals surface area contributed by atoms with Gasteiger partial charge in [-0.2, -0.15) is 0 Å². The first-order valence-corrected chi connectivity index (χ1v) is 9.11. The highest BCUT2D eigenvalue weighted by molar-refractivity contribution is 7.99. The number of nitrogens with zero attached hydrogens (tertiary/aromatic N) is 1. The van der Waals surface area contributed by atoms with E-state index in [0.29, 0.717) is 15.5 Å². The number of fused-ring (bicyclic) bond motifs is 1. The zero-order valence-electron chi connectivity index (χ0n) is 12.4. The van der Waals surface area contributed by atoms with Crippen molar-refractivity contribution in [2.75, 3.05) is 11.1 Å². The Morgan fingerprint density at radius 3 is 2.92 bits per heavy atom. The Labute approximate surface area is 154 Å². The number of rotatable bonds is 5. The molecule has 3 N–H and O–H groups in total. The van der Waals surface area contributed by atoms with Crippen molar-refractivity contribution in [1.82, 2.24) is 9.97 Å². The quantitative estimate of drug-likeness (QED) is 0.452. The van der Waals surface area contributed by atoms with Crippen LogP contribution >= 0.6 is 34.7 Å². The number of amides is 1. The summed E-state index contributed by atoms with van der Waals surface area (Å²) in [6, 6.07) is 6.74. The minimum atomic E-state index is -1.18. The van der Waals surface area contributed by atoms with Crippen LogP contribution in [0.25, 0.3) is 10.2 Å². The van der Waals surface area contributed by atoms with Gasteiger partial charge in [0.15, 0.2) is 5.16 Å². The highest BCUT2D eigenvalue weighted by Crippen LogP contribution is 2.23. The van der Waals surface area contributed by atoms with Crippen molar-refractivity contribution >= 4 is 62.5 Å². The largest absolute Gasteiger partial charge is 0.478 e. The molecular weight excluding hydrogens is 386 g/mol. The van der Waals surface area contributed by atoms with E-state index in [0.717, 1.165) is 23.1 Å². The minimum absolute atomic E-state index is 0.0259. The second-order valence-electron chi connectivity index (χ2n) is 4.85. The molecule has 0 saturated carbocycles. The van der Waals surface area contributed by atoms with E-state index in [-0.39, 0.29) is 27.8 Å². The number of carboxylic acids is 1. The van der Waals surface area contributed by atoms with E-state index >= 15 is 0 Å². The van der Waals surface area contributed by atoms with E-state index in [1.54, 1.807) is 24.3 Å². The average Bonchev–Trinajstić information content (AvgIpc) is 2.98. The molecule has 2 aromatic heterocycles. The van der Waals surface area contributed by atoms with Crippen LogP contribution in [0.15, 0.2) is 39.6 Å². The van der Waals surface area contributed by atoms with Crippen LogP contribution in [0.1, 0.15) is 10.4 Å². The molecule has 25 heavy (non-hydrogen) atoms. The number of carboxylic acid groups (broad SMARTS) is 1. The van der Waals surface area contributed by atoms with Crippen LogP contribution in [0.5, 0.6) is 0 Å². The molecule has 3 aromatic rings. The number of halogens is 1. The SMILES string of the molecule is O=C(CSc1nc2scc(C(=O)O)c2c(=O)[nH]1)Nc1cccc(Cl)c1. The van der Waals surface area contributed by atoms with Gasteiger partial charge in [-0.25, -0.2) is 9.78 Å². The number of anilines is 1. The number of carbonyl (C=O) groups excluding carboxylic acids is 1. The first-order valence-electron chi connectivity index (χ1n) is 6.87. The van der Waals surface area contributed by atoms with Crippen molar-refractivity contribution in [1.29, 1.82) is 0 Å². The first kappa shape index (κ1) is 17.5. The van der Waals surface area contributed by atoms with E-state index in [1.165, 1.54) is 5.38 Å². The first-order chi connectivity index (χ1) is 11.9. The van der Waals surface area contributed by atoms with Gasteiger partial charge < -0.3 is 15.4 Å². The van der Waals surface area contributed by atoms with Gasteiger partial charge in [-0.3, -0.25) is 9.59 Å². The maximum atomic E-state index is 12.1. The molecular formula is C15H10ClN3O4S2. The number of H-pyrrole nitrogens is 1. The molecule has 0 aliphatic rings. The van der Waals surface area contributed by atoms with E-state index in [4.69, 9.17) is 16.7 Å². The standard InChI is InChI=1S/C15H10ClN3O4S2/c16-7-2-1-3-8(4-7)17-10(20)6-25-15-18-12(21)11-9(14(22)23)5-24-13(11)19-15/h1-5H,6H2,(H,17,20)(H,22,23)(H,18,19,21). The van der Waals surface area contributed by atoms with E-state index in [1.807, 2.05) is 0 Å². The summed E-state index contributed by atoms with van der Waals surface area (Å²) in [6.45, 7) is 0. The van der Waals surface area contributed by atoms with Crippen LogP contribution in [0, 0.1) is 0 Å². The molecule has 0 radical (unpaired) electrons. The molecule has 1 amide bonds. The van der Waals surface area contributed by atoms with Crippen molar-refractivity contribution < 1.29 is 14.7 Å². The summed E-state index contributed by atoms with van der Waals surface area (Å²) in [5.74, 6) is -1.44. The van der Waals surface area contributed by atoms with Crippen molar-refractivity contribution in [3.05, 3.63) is 50.6 Å². The molecule has 10 heteroatoms. The topological polar surface area (TPSA) is 112 Å². The Hall–Kier alpha value is -2.36. The monoisotopic (exact) mass is 395 g/mol. The van der Waals surface area contributed by atoms with E-state index in [9.17, 15) is 14.4 Å². The van der Waals surface area contributed by atoms with Crippen LogP contribution in [0.3, 0.4) is 0 Å². The Balaban J connectivity index is 1.72. The lowest BCUT2D eigenvalue weighted by Crippen LogP contribution is -2.15. The van der Waals surface area contributed by atoms with Crippen molar-refractivity contribution in [3.63, 3.8) is 0 Å². The highest BCUT2D eigenvalue weighted by atomic mass is 35.5. The predicted molar refractivity (Wildman–Crippen MR) is 98.0 cm³/mol. The van der Waals surface area contributed by atoms with Crippen LogP contribution in [-0.2, 0) is 4.79 Å². The lowest BCUT2D eigenvalue weighted by molar-refractivity contribution is -0.113. The molecule has 0 atom stereocenters. The maximum Gasteiger partial charge on any atom is 0.337 e. The number of hydrogen-bond donors (Lipinski definition) is 3. The molecule has 1 aromatic carbocycles. The molecule has 0 spiro atoms. The van der Waals surface area contributed by atoms with Crippen LogP contribution in [0.4, 0.5) is 5.69 Å². The van der Waals surface area contributed by atoms with Crippen LogP contribution in [-0.4, -0.2) is 32.7 Å². The number of carbonyl (C=O) groups is 2. The molecule has 3 rings (SSSR count). The molecule has 7 nitrogen and oxygen atoms in total. The average molecular weight is 396 g/mol. The van der Waals surface area contributed by atoms with Gasteiger partial charge in [0.05, 0.1) is 16.7 Å². The molecule has 0 saturated heterocycles. The summed E-state index contributed by atoms with van der Waals surface area (Å²) in [7, 11) is 0. The zero-order valence-corrected chi connectivity index (χ0v) is 14.8. The van der Waals surface area contributed by atoms with E-state index in [2.05, 4.69) is 15.3 Å². The number of benzene rings is 1. The normalized spacial score (nSPS) is 10.8. The van der Waals surface area contributed by atoms with Gasteiger partial charge in [-0.05, 0) is 18.2 Å². The number of thioether (sulfide) groups is 1. The van der Waals surface area contributed by atoms with Gasteiger partial charge in [-0.1, -0.05) is 29.4 Å². The molecule has 0 aliphatic heterocycles. The van der Waals surface area contributed by atoms with Gasteiger partial charge >= 0.3 is 5.97 Å². The minimum Gasteiger partial charge on any atom is -0.478 e. The molecule has 0 unspecified atom stereocenters. The Morgan fingerprint density at radius 1 is 1.40 bits per heavy atom. The maximum absolute atomic E-state index is 12.1. The third kappa shape index (κ3) is 4.01. The molecule has 2 heterocycles. The number of thiophene rings is 1. The number of aromatic carboxylic acids is 1. The van der Waals surface area contributed by atoms with Gasteiger partial charge in [0.1, 0.15) is 4.83 Å². The highest BCUT2D eigenvalue weighted by Gasteiger charge is 2.16. The fourth-order valence-electron chi connectivity index (χ4n) is 2.05. The summed E-state index contributed by atoms with van der Waals surface area (Å²) >= 11 is 7.97. The van der Waals surface area contributed by atoms with Crippen LogP contribution in [0.2, 0.25) is 5.02 Å². The Kier molecular flexibility index (Phi) is 5.07. The number of aromatic nitrogens is 2. The van der Waals surface area contributed by atoms with Crippen molar-refractivity contribution in [2.45, 2.75) is 5.16 Å². The molecule has 0 bridgehead atoms. The predicted octanol–water partition coefficient (Wildman–Crippen LogP) is 3.07. The molecule has 0 aliphatic carbocycles. The molecule has 128 valence electrons. The van der Waals surface area contributed by atoms with Gasteiger partial charge in [0.2, 0.25) is 5.91 Å². The van der Waals surface area contributed by atoms with Gasteiger partial charge in [0.25, 0.3) is 5.56 Å². The molecule has 0 fully saturated rings. The van der Waals surface area contributed by atoms with Crippen molar-refractivity contribution in [3.8, 4) is 0 Å². The second kappa shape index (κ2) is 7.26. The summed E-state index contributed by atoms with van der Waals surface area (Å²) in [5.41, 5.74) is -0.0511. The second-order valence-corrected chi connectivity index (χ2v) is 7.11. The summed E-state index contributed by atoms with van der Waals surface area (Å²) in [4.78, 5) is 42.1. The zero-order chi connectivity index (χ0) is 18.0. The Bertz CT molecular complexity index is 1030. The van der Waals surface area contributed by atoms with Gasteiger partial charge in [-0.15, -0.1) is 11.3 Å². The fraction of sp³-hybridized carbons (Fsp3) is 0.0667. The third-order valence-electron chi connectivity index (χ3n) is 3.10. The lowest BCUT2D eigenvalue weighted by atomic mass is 10.2. The fourth-order valence-corrected chi connectivity index (χ4v) is 3.87. The summed E-state index contributed by atoms with van der Waals surface area (Å²) in [5, 5.41) is 13.9. The van der Waals surface area contributed by atoms with Crippen LogP contribution < -0.4 is 10.9 Å². The number of hydrogen-bond acceptors (Lipinski definition) is 6. The summed E-state index contributed by atoms with van der Waals surface area (Å²) < 4.78 is 0. The summed E-state index contributed by atoms with van der Waals surface area (Å²) in [6.07, 6.45) is 0. The number of aromatic amines is 1.